The fourth-order valence-electron chi connectivity index (χ4n) is 4.24. The lowest BCUT2D eigenvalue weighted by molar-refractivity contribution is 0.0972. The smallest absolute Gasteiger partial charge is 0.261 e. The molecule has 1 N–H and O–H groups in total. The summed E-state index contributed by atoms with van der Waals surface area (Å²) in [6.07, 6.45) is 5.52. The van der Waals surface area contributed by atoms with Crippen LogP contribution in [0.1, 0.15) is 28.8 Å². The minimum absolute atomic E-state index is 0.00406. The second-order valence-corrected chi connectivity index (χ2v) is 9.39. The summed E-state index contributed by atoms with van der Waals surface area (Å²) in [5.41, 5.74) is 3.11. The maximum Gasteiger partial charge on any atom is 0.261 e. The number of aromatic nitrogens is 4. The first-order chi connectivity index (χ1) is 15.5. The van der Waals surface area contributed by atoms with Crippen LogP contribution in [-0.2, 0) is 7.05 Å². The summed E-state index contributed by atoms with van der Waals surface area (Å²) in [7, 11) is 1.81. The van der Waals surface area contributed by atoms with E-state index in [1.54, 1.807) is 34.3 Å². The minimum atomic E-state index is -0.139. The summed E-state index contributed by atoms with van der Waals surface area (Å²) in [5.74, 6) is 0.564. The van der Waals surface area contributed by atoms with Crippen LogP contribution in [0.2, 0.25) is 5.02 Å². The molecule has 1 atom stereocenters. The van der Waals surface area contributed by atoms with Crippen molar-refractivity contribution in [3.63, 3.8) is 0 Å². The van der Waals surface area contributed by atoms with Gasteiger partial charge in [0.25, 0.3) is 5.91 Å². The maximum atomic E-state index is 13.9. The number of halogens is 1. The summed E-state index contributed by atoms with van der Waals surface area (Å²) in [4.78, 5) is 20.5. The van der Waals surface area contributed by atoms with Crippen molar-refractivity contribution >= 4 is 44.7 Å². The van der Waals surface area contributed by atoms with E-state index >= 15 is 0 Å². The Labute approximate surface area is 195 Å². The van der Waals surface area contributed by atoms with E-state index in [-0.39, 0.29) is 11.9 Å². The lowest BCUT2D eigenvalue weighted by atomic mass is 10.0. The van der Waals surface area contributed by atoms with E-state index in [9.17, 15) is 4.79 Å². The Morgan fingerprint density at radius 1 is 1.34 bits per heavy atom. The molecule has 1 aliphatic heterocycles. The zero-order valence-corrected chi connectivity index (χ0v) is 19.5. The number of pyridine rings is 1. The lowest BCUT2D eigenvalue weighted by Gasteiger charge is -2.34. The first-order valence-corrected chi connectivity index (χ1v) is 11.8. The van der Waals surface area contributed by atoms with Crippen molar-refractivity contribution in [2.24, 2.45) is 7.05 Å². The van der Waals surface area contributed by atoms with Crippen LogP contribution < -0.4 is 10.2 Å². The lowest BCUT2D eigenvalue weighted by Crippen LogP contribution is -2.49. The van der Waals surface area contributed by atoms with Gasteiger partial charge in [-0.3, -0.25) is 14.4 Å². The molecule has 32 heavy (non-hydrogen) atoms. The van der Waals surface area contributed by atoms with Gasteiger partial charge in [-0.25, -0.2) is 4.98 Å². The fraction of sp³-hybridized carbons (Fsp3) is 0.304. The number of hydrogen-bond acceptors (Lipinski definition) is 6. The third kappa shape index (κ3) is 3.79. The molecule has 9 heteroatoms. The number of hydrogen-bond donors (Lipinski definition) is 1. The van der Waals surface area contributed by atoms with Crippen LogP contribution in [0.4, 0.5) is 5.82 Å². The second kappa shape index (κ2) is 8.61. The molecular weight excluding hydrogens is 444 g/mol. The number of carbonyl (C=O) groups excluding carboxylic acids is 1. The van der Waals surface area contributed by atoms with Crippen LogP contribution in [-0.4, -0.2) is 45.0 Å². The molecule has 5 rings (SSSR count). The molecule has 1 fully saturated rings. The zero-order chi connectivity index (χ0) is 22.2. The van der Waals surface area contributed by atoms with Gasteiger partial charge in [0.1, 0.15) is 11.5 Å². The highest BCUT2D eigenvalue weighted by atomic mass is 35.5. The highest BCUT2D eigenvalue weighted by molar-refractivity contribution is 7.17. The first kappa shape index (κ1) is 21.1. The van der Waals surface area contributed by atoms with Crippen LogP contribution >= 0.6 is 22.9 Å². The Kier molecular flexibility index (Phi) is 5.67. The van der Waals surface area contributed by atoms with Crippen molar-refractivity contribution in [3.05, 3.63) is 58.2 Å². The van der Waals surface area contributed by atoms with Gasteiger partial charge in [-0.05, 0) is 55.5 Å². The number of nitrogens with zero attached hydrogens (tertiary/aromatic N) is 5. The maximum absolute atomic E-state index is 13.9. The number of fused-ring (bicyclic) bond motifs is 1. The minimum Gasteiger partial charge on any atom is -0.315 e. The molecule has 1 aromatic carbocycles. The highest BCUT2D eigenvalue weighted by Crippen LogP contribution is 2.36. The molecule has 0 bridgehead atoms. The van der Waals surface area contributed by atoms with E-state index in [1.165, 1.54) is 0 Å². The number of aryl methyl sites for hydroxylation is 2. The number of rotatable bonds is 4. The average molecular weight is 467 g/mol. The quantitative estimate of drug-likeness (QED) is 0.480. The van der Waals surface area contributed by atoms with Gasteiger partial charge >= 0.3 is 0 Å². The molecule has 0 spiro atoms. The molecule has 0 saturated carbocycles. The van der Waals surface area contributed by atoms with Crippen molar-refractivity contribution in [3.8, 4) is 11.3 Å². The number of nitrogens with one attached hydrogen (secondary N) is 1. The number of anilines is 1. The number of piperidine rings is 1. The van der Waals surface area contributed by atoms with E-state index in [1.807, 2.05) is 30.3 Å². The van der Waals surface area contributed by atoms with Gasteiger partial charge in [-0.2, -0.15) is 0 Å². The van der Waals surface area contributed by atoms with Crippen molar-refractivity contribution < 1.29 is 4.79 Å². The SMILES string of the molecule is Cc1csc2ccnc(N(C(=O)c3ccc(-c4cn(C)nn4)cc3Cl)[C@@H]3CCCNC3)c12. The molecule has 1 saturated heterocycles. The fourth-order valence-corrected chi connectivity index (χ4v) is 5.43. The van der Waals surface area contributed by atoms with Crippen molar-refractivity contribution in [1.29, 1.82) is 0 Å². The van der Waals surface area contributed by atoms with Crippen LogP contribution in [0.25, 0.3) is 21.3 Å². The Morgan fingerprint density at radius 2 is 2.22 bits per heavy atom. The molecule has 164 valence electrons. The molecule has 7 nitrogen and oxygen atoms in total. The van der Waals surface area contributed by atoms with E-state index in [0.29, 0.717) is 22.1 Å². The Morgan fingerprint density at radius 3 is 2.94 bits per heavy atom. The van der Waals surface area contributed by atoms with Crippen LogP contribution in [0, 0.1) is 6.92 Å². The number of carbonyl (C=O) groups is 1. The van der Waals surface area contributed by atoms with E-state index in [2.05, 4.69) is 32.9 Å². The molecule has 1 aliphatic rings. The van der Waals surface area contributed by atoms with Crippen LogP contribution in [0.3, 0.4) is 0 Å². The Balaban J connectivity index is 1.59. The summed E-state index contributed by atoms with van der Waals surface area (Å²) >= 11 is 8.31. The van der Waals surface area contributed by atoms with Gasteiger partial charge in [-0.15, -0.1) is 16.4 Å². The standard InChI is InChI=1S/C23H23ClN6OS/c1-14-13-32-20-7-9-26-22(21(14)20)30(16-4-3-8-25-11-16)23(31)17-6-5-15(10-18(17)24)19-12-29(2)28-27-19/h5-7,9-10,12-13,16,25H,3-4,8,11H2,1-2H3/t16-/m1/s1. The van der Waals surface area contributed by atoms with Gasteiger partial charge in [-0.1, -0.05) is 22.9 Å². The molecule has 0 unspecified atom stereocenters. The van der Waals surface area contributed by atoms with E-state index in [0.717, 1.165) is 47.1 Å². The van der Waals surface area contributed by atoms with Crippen molar-refractivity contribution in [2.75, 3.05) is 18.0 Å². The summed E-state index contributed by atoms with van der Waals surface area (Å²) < 4.78 is 2.76. The summed E-state index contributed by atoms with van der Waals surface area (Å²) in [6, 6.07) is 7.42. The van der Waals surface area contributed by atoms with E-state index in [4.69, 9.17) is 11.6 Å². The van der Waals surface area contributed by atoms with Crippen LogP contribution in [0.15, 0.2) is 42.0 Å². The van der Waals surface area contributed by atoms with Gasteiger partial charge in [0.05, 0.1) is 22.8 Å². The summed E-state index contributed by atoms with van der Waals surface area (Å²) in [5, 5.41) is 15.1. The Bertz CT molecular complexity index is 1290. The number of amides is 1. The monoisotopic (exact) mass is 466 g/mol. The molecule has 1 amide bonds. The van der Waals surface area contributed by atoms with Crippen LogP contribution in [0.5, 0.6) is 0 Å². The molecule has 4 aromatic rings. The topological polar surface area (TPSA) is 75.9 Å². The first-order valence-electron chi connectivity index (χ1n) is 10.6. The molecule has 0 aliphatic carbocycles. The van der Waals surface area contributed by atoms with Gasteiger partial charge < -0.3 is 5.32 Å². The zero-order valence-electron chi connectivity index (χ0n) is 17.9. The highest BCUT2D eigenvalue weighted by Gasteiger charge is 2.31. The molecule has 3 aromatic heterocycles. The van der Waals surface area contributed by atoms with Gasteiger partial charge in [0.15, 0.2) is 0 Å². The summed E-state index contributed by atoms with van der Waals surface area (Å²) in [6.45, 7) is 3.75. The predicted molar refractivity (Wildman–Crippen MR) is 129 cm³/mol. The van der Waals surface area contributed by atoms with Gasteiger partial charge in [0, 0.05) is 35.4 Å². The average Bonchev–Trinajstić information content (AvgIpc) is 3.41. The normalized spacial score (nSPS) is 16.4. The Hall–Kier alpha value is -2.81. The third-order valence-corrected chi connectivity index (χ3v) is 7.21. The number of thiophene rings is 1. The predicted octanol–water partition coefficient (Wildman–Crippen LogP) is 4.45. The number of benzene rings is 1. The molecular formula is C23H23ClN6OS. The second-order valence-electron chi connectivity index (χ2n) is 8.07. The molecule has 4 heterocycles. The largest absolute Gasteiger partial charge is 0.315 e. The molecule has 0 radical (unpaired) electrons. The van der Waals surface area contributed by atoms with Crippen molar-refractivity contribution in [1.82, 2.24) is 25.3 Å². The van der Waals surface area contributed by atoms with E-state index < -0.39 is 0 Å². The van der Waals surface area contributed by atoms with Gasteiger partial charge in [0.2, 0.25) is 0 Å². The third-order valence-electron chi connectivity index (χ3n) is 5.83. The van der Waals surface area contributed by atoms with Crippen molar-refractivity contribution in [2.45, 2.75) is 25.8 Å².